The lowest BCUT2D eigenvalue weighted by Gasteiger charge is -2.25. The minimum absolute atomic E-state index is 0.128. The van der Waals surface area contributed by atoms with Crippen molar-refractivity contribution in [3.8, 4) is 5.88 Å². The van der Waals surface area contributed by atoms with Crippen LogP contribution in [-0.2, 0) is 13.2 Å². The van der Waals surface area contributed by atoms with Gasteiger partial charge < -0.3 is 19.9 Å². The smallest absolute Gasteiger partial charge is 0.247 e. The summed E-state index contributed by atoms with van der Waals surface area (Å²) in [7, 11) is 0. The molecule has 0 fully saturated rings. The molecular weight excluding hydrogens is 550 g/mol. The van der Waals surface area contributed by atoms with Crippen molar-refractivity contribution < 1.29 is 14.9 Å². The number of benzene rings is 2. The van der Waals surface area contributed by atoms with Crippen LogP contribution in [0.2, 0.25) is 0 Å². The van der Waals surface area contributed by atoms with E-state index < -0.39 is 12.2 Å². The van der Waals surface area contributed by atoms with Crippen LogP contribution in [-0.4, -0.2) is 38.2 Å². The third-order valence-electron chi connectivity index (χ3n) is 7.41. The summed E-state index contributed by atoms with van der Waals surface area (Å²) in [5.41, 5.74) is 3.85. The van der Waals surface area contributed by atoms with Gasteiger partial charge in [-0.15, -0.1) is 0 Å². The standard InChI is InChI=1S/C25H30N2O2.C12H19NO2/c1-2-3-16-27(18-21-10-6-4-7-11-21)19-24(28)23-14-15-25(26-17-23)29-20-22-12-8-5-9-13-22;1-2-3-4-5-6-11(14)10-7-8-12(15)13-9-10/h4-15,17,24,28H,2-3,16,18-20H2,1H3;7-9,11,14H,2-6H2,1H3,(H,13,15). The number of aliphatic hydroxyl groups is 2. The summed E-state index contributed by atoms with van der Waals surface area (Å²) in [5, 5.41) is 20.5. The third-order valence-corrected chi connectivity index (χ3v) is 7.41. The van der Waals surface area contributed by atoms with Crippen molar-refractivity contribution >= 4 is 0 Å². The minimum Gasteiger partial charge on any atom is -0.473 e. The van der Waals surface area contributed by atoms with Gasteiger partial charge in [0.1, 0.15) is 6.61 Å². The lowest BCUT2D eigenvalue weighted by Crippen LogP contribution is -2.29. The lowest BCUT2D eigenvalue weighted by molar-refractivity contribution is 0.108. The Morgan fingerprint density at radius 3 is 2.07 bits per heavy atom. The number of hydrogen-bond donors (Lipinski definition) is 3. The molecule has 0 saturated carbocycles. The van der Waals surface area contributed by atoms with Gasteiger partial charge >= 0.3 is 0 Å². The Morgan fingerprint density at radius 2 is 1.45 bits per heavy atom. The van der Waals surface area contributed by atoms with Crippen molar-refractivity contribution in [3.05, 3.63) is 130 Å². The van der Waals surface area contributed by atoms with E-state index in [1.54, 1.807) is 18.5 Å². The van der Waals surface area contributed by atoms with Crippen LogP contribution < -0.4 is 10.3 Å². The number of hydrogen-bond acceptors (Lipinski definition) is 6. The fourth-order valence-corrected chi connectivity index (χ4v) is 4.77. The van der Waals surface area contributed by atoms with Crippen molar-refractivity contribution in [2.24, 2.45) is 0 Å². The highest BCUT2D eigenvalue weighted by Gasteiger charge is 2.15. The van der Waals surface area contributed by atoms with E-state index in [2.05, 4.69) is 53.0 Å². The van der Waals surface area contributed by atoms with E-state index in [9.17, 15) is 15.0 Å². The Labute approximate surface area is 262 Å². The second kappa shape index (κ2) is 20.2. The highest BCUT2D eigenvalue weighted by molar-refractivity contribution is 5.21. The van der Waals surface area contributed by atoms with Crippen LogP contribution in [0, 0.1) is 0 Å². The predicted octanol–water partition coefficient (Wildman–Crippen LogP) is 7.38. The van der Waals surface area contributed by atoms with E-state index in [4.69, 9.17) is 4.74 Å². The molecule has 7 nitrogen and oxygen atoms in total. The van der Waals surface area contributed by atoms with Crippen LogP contribution in [0.1, 0.15) is 93.3 Å². The Bertz CT molecular complexity index is 1330. The average molecular weight is 600 g/mol. The van der Waals surface area contributed by atoms with Gasteiger partial charge in [0.25, 0.3) is 0 Å². The van der Waals surface area contributed by atoms with Crippen LogP contribution in [0.25, 0.3) is 0 Å². The van der Waals surface area contributed by atoms with Crippen molar-refractivity contribution in [2.75, 3.05) is 13.1 Å². The number of rotatable bonds is 17. The first-order valence-corrected chi connectivity index (χ1v) is 15.9. The number of aromatic nitrogens is 2. The number of nitrogens with zero attached hydrogens (tertiary/aromatic N) is 2. The summed E-state index contributed by atoms with van der Waals surface area (Å²) < 4.78 is 5.74. The maximum Gasteiger partial charge on any atom is 0.247 e. The van der Waals surface area contributed by atoms with Gasteiger partial charge in [0.05, 0.1) is 12.2 Å². The molecule has 2 unspecified atom stereocenters. The maximum absolute atomic E-state index is 10.8. The molecule has 7 heteroatoms. The molecule has 0 amide bonds. The molecule has 4 rings (SSSR count). The first kappa shape index (κ1) is 34.7. The Hall–Kier alpha value is -3.78. The zero-order valence-electron chi connectivity index (χ0n) is 26.3. The molecule has 0 spiro atoms. The monoisotopic (exact) mass is 599 g/mol. The highest BCUT2D eigenvalue weighted by Crippen LogP contribution is 2.19. The van der Waals surface area contributed by atoms with Crippen LogP contribution in [0.15, 0.2) is 102 Å². The molecule has 0 bridgehead atoms. The van der Waals surface area contributed by atoms with E-state index in [1.807, 2.05) is 48.5 Å². The van der Waals surface area contributed by atoms with E-state index >= 15 is 0 Å². The molecule has 0 radical (unpaired) electrons. The predicted molar refractivity (Wildman–Crippen MR) is 177 cm³/mol. The summed E-state index contributed by atoms with van der Waals surface area (Å²) in [4.78, 5) is 20.0. The van der Waals surface area contributed by atoms with Gasteiger partial charge in [0.15, 0.2) is 0 Å². The van der Waals surface area contributed by atoms with E-state index in [1.165, 1.54) is 24.5 Å². The van der Waals surface area contributed by atoms with Crippen molar-refractivity contribution in [1.82, 2.24) is 14.9 Å². The molecule has 44 heavy (non-hydrogen) atoms. The topological polar surface area (TPSA) is 98.7 Å². The zero-order valence-corrected chi connectivity index (χ0v) is 26.3. The quantitative estimate of drug-likeness (QED) is 0.110. The van der Waals surface area contributed by atoms with Crippen LogP contribution in [0.5, 0.6) is 5.88 Å². The number of ether oxygens (including phenoxy) is 1. The molecular formula is C37H49N3O4. The van der Waals surface area contributed by atoms with Gasteiger partial charge in [-0.3, -0.25) is 9.69 Å². The molecule has 0 aliphatic rings. The molecule has 2 heterocycles. The van der Waals surface area contributed by atoms with Gasteiger partial charge in [0, 0.05) is 43.2 Å². The van der Waals surface area contributed by atoms with Crippen molar-refractivity contribution in [3.63, 3.8) is 0 Å². The first-order valence-electron chi connectivity index (χ1n) is 15.9. The molecule has 0 aliphatic carbocycles. The van der Waals surface area contributed by atoms with Crippen molar-refractivity contribution in [1.29, 1.82) is 0 Å². The fourth-order valence-electron chi connectivity index (χ4n) is 4.77. The number of H-pyrrole nitrogens is 1. The van der Waals surface area contributed by atoms with Crippen molar-refractivity contribution in [2.45, 2.75) is 84.2 Å². The molecule has 2 aromatic heterocycles. The Kier molecular flexibility index (Phi) is 16.0. The summed E-state index contributed by atoms with van der Waals surface area (Å²) in [6.07, 6.45) is 9.92. The SMILES string of the molecule is CCCCCCC(O)c1ccc(=O)[nH]c1.CCCCN(Cc1ccccc1)CC(O)c1ccc(OCc2ccccc2)nc1. The van der Waals surface area contributed by atoms with E-state index in [0.717, 1.165) is 61.9 Å². The van der Waals surface area contributed by atoms with Crippen LogP contribution >= 0.6 is 0 Å². The highest BCUT2D eigenvalue weighted by atomic mass is 16.5. The number of unbranched alkanes of at least 4 members (excludes halogenated alkanes) is 4. The summed E-state index contributed by atoms with van der Waals surface area (Å²) in [6.45, 7) is 7.23. The lowest BCUT2D eigenvalue weighted by atomic mass is 10.0. The summed E-state index contributed by atoms with van der Waals surface area (Å²) in [5.74, 6) is 0.567. The van der Waals surface area contributed by atoms with Gasteiger partial charge in [-0.25, -0.2) is 4.98 Å². The Morgan fingerprint density at radius 1 is 0.773 bits per heavy atom. The van der Waals surface area contributed by atoms with Crippen LogP contribution in [0.4, 0.5) is 0 Å². The number of pyridine rings is 2. The van der Waals surface area contributed by atoms with Gasteiger partial charge in [0.2, 0.25) is 11.4 Å². The van der Waals surface area contributed by atoms with E-state index in [0.29, 0.717) is 19.0 Å². The summed E-state index contributed by atoms with van der Waals surface area (Å²) in [6, 6.07) is 27.3. The van der Waals surface area contributed by atoms with E-state index in [-0.39, 0.29) is 5.56 Å². The molecule has 3 N–H and O–H groups in total. The number of aliphatic hydroxyl groups excluding tert-OH is 2. The third kappa shape index (κ3) is 13.2. The second-order valence-corrected chi connectivity index (χ2v) is 11.1. The second-order valence-electron chi connectivity index (χ2n) is 11.1. The first-order chi connectivity index (χ1) is 21.5. The molecule has 2 atom stereocenters. The number of nitrogens with one attached hydrogen (secondary N) is 1. The van der Waals surface area contributed by atoms with Gasteiger partial charge in [-0.1, -0.05) is 107 Å². The molecule has 0 aliphatic heterocycles. The van der Waals surface area contributed by atoms with Gasteiger partial charge in [-0.2, -0.15) is 0 Å². The molecule has 2 aromatic carbocycles. The molecule has 236 valence electrons. The minimum atomic E-state index is -0.578. The largest absolute Gasteiger partial charge is 0.473 e. The van der Waals surface area contributed by atoms with Gasteiger partial charge in [-0.05, 0) is 48.2 Å². The number of aromatic amines is 1. The molecule has 0 saturated heterocycles. The molecule has 4 aromatic rings. The van der Waals surface area contributed by atoms with Crippen LogP contribution in [0.3, 0.4) is 0 Å². The zero-order chi connectivity index (χ0) is 31.4. The maximum atomic E-state index is 10.8. The normalized spacial score (nSPS) is 12.3. The fraction of sp³-hybridized carbons (Fsp3) is 0.405. The Balaban J connectivity index is 0.000000297. The summed E-state index contributed by atoms with van der Waals surface area (Å²) >= 11 is 0. The average Bonchev–Trinajstić information content (AvgIpc) is 3.06.